The number of Topliss-reactive ketones (excluding diaryl/α,β-unsaturated/α-hetero) is 1. The Balaban J connectivity index is 1.79. The zero-order valence-corrected chi connectivity index (χ0v) is 20.8. The number of ketones is 1. The van der Waals surface area contributed by atoms with Crippen molar-refractivity contribution in [2.24, 2.45) is 5.92 Å². The molecule has 0 bridgehead atoms. The molecule has 1 heterocycles. The Morgan fingerprint density at radius 1 is 1.15 bits per heavy atom. The average molecular weight is 479 g/mol. The van der Waals surface area contributed by atoms with Gasteiger partial charge in [0.05, 0.1) is 18.9 Å². The van der Waals surface area contributed by atoms with Crippen molar-refractivity contribution in [1.82, 2.24) is 20.1 Å². The summed E-state index contributed by atoms with van der Waals surface area (Å²) in [6.07, 6.45) is 1.75. The molecule has 34 heavy (non-hydrogen) atoms. The van der Waals surface area contributed by atoms with Crippen molar-refractivity contribution >= 4 is 23.5 Å². The number of carbonyl (C=O) groups is 2. The maximum Gasteiger partial charge on any atom is 0.251 e. The highest BCUT2D eigenvalue weighted by molar-refractivity contribution is 7.99. The maximum atomic E-state index is 12.9. The molecule has 1 amide bonds. The third-order valence-corrected chi connectivity index (χ3v) is 6.28. The quantitative estimate of drug-likeness (QED) is 0.240. The molecular formula is C26H30N4O3S. The first kappa shape index (κ1) is 25.2. The maximum absolute atomic E-state index is 12.9. The van der Waals surface area contributed by atoms with Crippen molar-refractivity contribution in [2.45, 2.75) is 38.5 Å². The standard InChI is InChI=1S/C26H30N4O3S/c1-6-14-30-24(23(17(2)3)27-25(32)20-9-7-8-18(4)15-20)28-29-26(30)34-16-22(31)19-10-12-21(33-5)13-11-19/h6-13,15,17,23H,1,14,16H2,2-5H3,(H,27,32)/t23-/m0/s1. The van der Waals surface area contributed by atoms with Gasteiger partial charge in [0.15, 0.2) is 16.8 Å². The van der Waals surface area contributed by atoms with Crippen LogP contribution in [0.15, 0.2) is 66.3 Å². The van der Waals surface area contributed by atoms with E-state index in [9.17, 15) is 9.59 Å². The van der Waals surface area contributed by atoms with Gasteiger partial charge in [-0.15, -0.1) is 16.8 Å². The zero-order valence-electron chi connectivity index (χ0n) is 19.9. The minimum atomic E-state index is -0.355. The molecule has 3 aromatic rings. The lowest BCUT2D eigenvalue weighted by molar-refractivity contribution is 0.0921. The first-order chi connectivity index (χ1) is 16.3. The second kappa shape index (κ2) is 11.7. The molecule has 0 fully saturated rings. The number of rotatable bonds is 11. The summed E-state index contributed by atoms with van der Waals surface area (Å²) in [4.78, 5) is 25.6. The number of hydrogen-bond acceptors (Lipinski definition) is 6. The molecule has 0 spiro atoms. The Kier molecular flexibility index (Phi) is 8.65. The second-order valence-corrected chi connectivity index (χ2v) is 9.19. The fraction of sp³-hybridized carbons (Fsp3) is 0.308. The number of carbonyl (C=O) groups excluding carboxylic acids is 2. The molecule has 7 nitrogen and oxygen atoms in total. The molecule has 0 radical (unpaired) electrons. The first-order valence-electron chi connectivity index (χ1n) is 11.1. The lowest BCUT2D eigenvalue weighted by atomic mass is 10.0. The topological polar surface area (TPSA) is 86.1 Å². The third kappa shape index (κ3) is 6.14. The van der Waals surface area contributed by atoms with Gasteiger partial charge in [-0.1, -0.05) is 49.4 Å². The Morgan fingerprint density at radius 2 is 1.88 bits per heavy atom. The minimum absolute atomic E-state index is 0.0180. The average Bonchev–Trinajstić information content (AvgIpc) is 3.23. The number of aryl methyl sites for hydroxylation is 1. The fourth-order valence-corrected chi connectivity index (χ4v) is 4.32. The van der Waals surface area contributed by atoms with Crippen LogP contribution >= 0.6 is 11.8 Å². The van der Waals surface area contributed by atoms with E-state index < -0.39 is 0 Å². The van der Waals surface area contributed by atoms with Crippen LogP contribution in [0.3, 0.4) is 0 Å². The van der Waals surface area contributed by atoms with Gasteiger partial charge < -0.3 is 14.6 Å². The fourth-order valence-electron chi connectivity index (χ4n) is 3.47. The van der Waals surface area contributed by atoms with Gasteiger partial charge in [0.25, 0.3) is 5.91 Å². The molecule has 8 heteroatoms. The van der Waals surface area contributed by atoms with Gasteiger partial charge in [-0.25, -0.2) is 0 Å². The van der Waals surface area contributed by atoms with Crippen molar-refractivity contribution in [3.05, 3.63) is 83.7 Å². The van der Waals surface area contributed by atoms with E-state index in [4.69, 9.17) is 4.74 Å². The van der Waals surface area contributed by atoms with Gasteiger partial charge in [0, 0.05) is 17.7 Å². The van der Waals surface area contributed by atoms with E-state index in [0.29, 0.717) is 34.4 Å². The summed E-state index contributed by atoms with van der Waals surface area (Å²) in [5, 5.41) is 12.4. The van der Waals surface area contributed by atoms with E-state index in [-0.39, 0.29) is 29.4 Å². The number of nitrogens with one attached hydrogen (secondary N) is 1. The van der Waals surface area contributed by atoms with Gasteiger partial charge in [-0.05, 0) is 49.2 Å². The highest BCUT2D eigenvalue weighted by Crippen LogP contribution is 2.26. The van der Waals surface area contributed by atoms with E-state index >= 15 is 0 Å². The number of nitrogens with zero attached hydrogens (tertiary/aromatic N) is 3. The van der Waals surface area contributed by atoms with Gasteiger partial charge in [-0.3, -0.25) is 9.59 Å². The smallest absolute Gasteiger partial charge is 0.251 e. The second-order valence-electron chi connectivity index (χ2n) is 8.25. The number of aromatic nitrogens is 3. The summed E-state index contributed by atoms with van der Waals surface area (Å²) in [6.45, 7) is 10.3. The number of benzene rings is 2. The minimum Gasteiger partial charge on any atom is -0.497 e. The van der Waals surface area contributed by atoms with Crippen LogP contribution in [-0.4, -0.2) is 39.3 Å². The van der Waals surface area contributed by atoms with Crippen LogP contribution in [0.25, 0.3) is 0 Å². The van der Waals surface area contributed by atoms with Gasteiger partial charge in [-0.2, -0.15) is 0 Å². The molecule has 0 aliphatic rings. The van der Waals surface area contributed by atoms with E-state index in [2.05, 4.69) is 22.1 Å². The number of ether oxygens (including phenoxy) is 1. The summed E-state index contributed by atoms with van der Waals surface area (Å²) < 4.78 is 7.05. The molecule has 3 rings (SSSR count). The van der Waals surface area contributed by atoms with Crippen LogP contribution in [0.5, 0.6) is 5.75 Å². The molecule has 2 aromatic carbocycles. The Labute approximate surface area is 204 Å². The lowest BCUT2D eigenvalue weighted by Gasteiger charge is -2.22. The van der Waals surface area contributed by atoms with E-state index in [1.165, 1.54) is 11.8 Å². The monoisotopic (exact) mass is 478 g/mol. The molecule has 1 N–H and O–H groups in total. The summed E-state index contributed by atoms with van der Waals surface area (Å²) in [5.74, 6) is 1.43. The molecule has 1 aromatic heterocycles. The van der Waals surface area contributed by atoms with E-state index in [1.807, 2.05) is 43.5 Å². The number of hydrogen-bond donors (Lipinski definition) is 1. The Morgan fingerprint density at radius 3 is 2.50 bits per heavy atom. The molecule has 0 saturated carbocycles. The zero-order chi connectivity index (χ0) is 24.7. The molecule has 0 saturated heterocycles. The summed E-state index contributed by atoms with van der Waals surface area (Å²) in [7, 11) is 1.59. The van der Waals surface area contributed by atoms with Crippen LogP contribution in [-0.2, 0) is 6.54 Å². The van der Waals surface area contributed by atoms with Gasteiger partial charge in [0.2, 0.25) is 0 Å². The Bertz CT molecular complexity index is 1160. The first-order valence-corrected chi connectivity index (χ1v) is 12.0. The van der Waals surface area contributed by atoms with Gasteiger partial charge in [0.1, 0.15) is 5.75 Å². The predicted molar refractivity (Wildman–Crippen MR) is 134 cm³/mol. The summed E-state index contributed by atoms with van der Waals surface area (Å²) in [6, 6.07) is 14.1. The molecule has 0 aliphatic heterocycles. The van der Waals surface area contributed by atoms with Crippen molar-refractivity contribution in [3.8, 4) is 5.75 Å². The van der Waals surface area contributed by atoms with Crippen molar-refractivity contribution in [1.29, 1.82) is 0 Å². The SMILES string of the molecule is C=CCn1c(SCC(=O)c2ccc(OC)cc2)nnc1[C@@H](NC(=O)c1cccc(C)c1)C(C)C. The summed E-state index contributed by atoms with van der Waals surface area (Å²) in [5.41, 5.74) is 2.22. The number of amides is 1. The summed E-state index contributed by atoms with van der Waals surface area (Å²) >= 11 is 1.32. The third-order valence-electron chi connectivity index (χ3n) is 5.31. The van der Waals surface area contributed by atoms with Crippen LogP contribution in [0.4, 0.5) is 0 Å². The van der Waals surface area contributed by atoms with Crippen LogP contribution in [0.2, 0.25) is 0 Å². The molecular weight excluding hydrogens is 448 g/mol. The number of methoxy groups -OCH3 is 1. The van der Waals surface area contributed by atoms with Crippen molar-refractivity contribution < 1.29 is 14.3 Å². The number of allylic oxidation sites excluding steroid dienone is 1. The molecule has 178 valence electrons. The number of thioether (sulfide) groups is 1. The predicted octanol–water partition coefficient (Wildman–Crippen LogP) is 4.88. The highest BCUT2D eigenvalue weighted by atomic mass is 32.2. The van der Waals surface area contributed by atoms with Crippen LogP contribution in [0.1, 0.15) is 52.0 Å². The van der Waals surface area contributed by atoms with Crippen LogP contribution < -0.4 is 10.1 Å². The molecule has 0 unspecified atom stereocenters. The van der Waals surface area contributed by atoms with Crippen LogP contribution in [0, 0.1) is 12.8 Å². The lowest BCUT2D eigenvalue weighted by Crippen LogP contribution is -2.34. The normalized spacial score (nSPS) is 11.8. The van der Waals surface area contributed by atoms with E-state index in [0.717, 1.165) is 5.56 Å². The van der Waals surface area contributed by atoms with Crippen molar-refractivity contribution in [3.63, 3.8) is 0 Å². The Hall–Kier alpha value is -3.39. The van der Waals surface area contributed by atoms with Crippen molar-refractivity contribution in [2.75, 3.05) is 12.9 Å². The van der Waals surface area contributed by atoms with Gasteiger partial charge >= 0.3 is 0 Å². The van der Waals surface area contributed by atoms with E-state index in [1.54, 1.807) is 43.5 Å². The molecule has 1 atom stereocenters. The highest BCUT2D eigenvalue weighted by Gasteiger charge is 2.26. The molecule has 0 aliphatic carbocycles. The largest absolute Gasteiger partial charge is 0.497 e.